The van der Waals surface area contributed by atoms with Gasteiger partial charge in [0.05, 0.1) is 5.56 Å². The Morgan fingerprint density at radius 2 is 1.85 bits per heavy atom. The van der Waals surface area contributed by atoms with Crippen LogP contribution in [0.3, 0.4) is 0 Å². The van der Waals surface area contributed by atoms with Gasteiger partial charge < -0.3 is 10.1 Å². The van der Waals surface area contributed by atoms with Gasteiger partial charge in [-0.15, -0.1) is 0 Å². The Morgan fingerprint density at radius 3 is 2.55 bits per heavy atom. The first-order chi connectivity index (χ1) is 9.69. The number of carbonyl (C=O) groups is 2. The van der Waals surface area contributed by atoms with Crippen molar-refractivity contribution in [1.82, 2.24) is 0 Å². The van der Waals surface area contributed by atoms with Crippen molar-refractivity contribution in [2.24, 2.45) is 0 Å². The number of nitrogens with one attached hydrogen (secondary N) is 1. The fourth-order valence-electron chi connectivity index (χ4n) is 1.58. The standard InChI is InChI=1S/C15H12BrNO3/c16-12-5-7-13(8-6-12)17-15(19)10-20-14-4-2-1-3-11(14)9-18/h1-9H,10H2,(H,17,19). The van der Waals surface area contributed by atoms with Crippen molar-refractivity contribution in [3.05, 3.63) is 58.6 Å². The van der Waals surface area contributed by atoms with Crippen molar-refractivity contribution in [3.63, 3.8) is 0 Å². The fraction of sp³-hybridized carbons (Fsp3) is 0.0667. The molecule has 2 aromatic rings. The number of benzene rings is 2. The number of halogens is 1. The number of aldehydes is 1. The maximum atomic E-state index is 11.7. The molecule has 5 heteroatoms. The second kappa shape index (κ2) is 6.86. The highest BCUT2D eigenvalue weighted by Gasteiger charge is 2.06. The van der Waals surface area contributed by atoms with Crippen molar-refractivity contribution in [2.45, 2.75) is 0 Å². The molecule has 20 heavy (non-hydrogen) atoms. The van der Waals surface area contributed by atoms with Crippen LogP contribution in [0.25, 0.3) is 0 Å². The molecule has 0 unspecified atom stereocenters. The van der Waals surface area contributed by atoms with Gasteiger partial charge in [-0.2, -0.15) is 0 Å². The third-order valence-electron chi connectivity index (χ3n) is 2.53. The Kier molecular flexibility index (Phi) is 4.90. The molecule has 0 aromatic heterocycles. The lowest BCUT2D eigenvalue weighted by Gasteiger charge is -2.09. The number of hydrogen-bond acceptors (Lipinski definition) is 3. The van der Waals surface area contributed by atoms with Crippen molar-refractivity contribution in [1.29, 1.82) is 0 Å². The summed E-state index contributed by atoms with van der Waals surface area (Å²) < 4.78 is 6.27. The zero-order valence-corrected chi connectivity index (χ0v) is 12.1. The summed E-state index contributed by atoms with van der Waals surface area (Å²) in [7, 11) is 0. The summed E-state index contributed by atoms with van der Waals surface area (Å²) in [5.74, 6) is 0.112. The zero-order chi connectivity index (χ0) is 14.4. The van der Waals surface area contributed by atoms with Gasteiger partial charge in [-0.1, -0.05) is 28.1 Å². The maximum absolute atomic E-state index is 11.7. The summed E-state index contributed by atoms with van der Waals surface area (Å²) in [5.41, 5.74) is 1.11. The summed E-state index contributed by atoms with van der Waals surface area (Å²) in [4.78, 5) is 22.5. The van der Waals surface area contributed by atoms with E-state index < -0.39 is 0 Å². The quantitative estimate of drug-likeness (QED) is 0.854. The predicted octanol–water partition coefficient (Wildman–Crippen LogP) is 3.28. The van der Waals surface area contributed by atoms with Crippen molar-refractivity contribution in [3.8, 4) is 5.75 Å². The molecule has 0 fully saturated rings. The largest absolute Gasteiger partial charge is 0.483 e. The van der Waals surface area contributed by atoms with Gasteiger partial charge in [-0.3, -0.25) is 9.59 Å². The van der Waals surface area contributed by atoms with Gasteiger partial charge in [0.25, 0.3) is 5.91 Å². The van der Waals surface area contributed by atoms with E-state index in [1.165, 1.54) is 0 Å². The van der Waals surface area contributed by atoms with Crippen LogP contribution in [0.2, 0.25) is 0 Å². The van der Waals surface area contributed by atoms with E-state index in [-0.39, 0.29) is 12.5 Å². The number of para-hydroxylation sites is 1. The summed E-state index contributed by atoms with van der Waals surface area (Å²) in [6, 6.07) is 14.0. The van der Waals surface area contributed by atoms with Crippen LogP contribution in [0.15, 0.2) is 53.0 Å². The Morgan fingerprint density at radius 1 is 1.15 bits per heavy atom. The summed E-state index contributed by atoms with van der Waals surface area (Å²) >= 11 is 3.32. The summed E-state index contributed by atoms with van der Waals surface area (Å²) in [5, 5.41) is 2.70. The molecule has 0 saturated carbocycles. The Balaban J connectivity index is 1.92. The average molecular weight is 334 g/mol. The van der Waals surface area contributed by atoms with Crippen LogP contribution in [0.5, 0.6) is 5.75 Å². The molecule has 0 spiro atoms. The maximum Gasteiger partial charge on any atom is 0.262 e. The van der Waals surface area contributed by atoms with Crippen LogP contribution >= 0.6 is 15.9 Å². The highest BCUT2D eigenvalue weighted by Crippen LogP contribution is 2.16. The highest BCUT2D eigenvalue weighted by molar-refractivity contribution is 9.10. The van der Waals surface area contributed by atoms with Gasteiger partial charge >= 0.3 is 0 Å². The van der Waals surface area contributed by atoms with Crippen LogP contribution < -0.4 is 10.1 Å². The minimum atomic E-state index is -0.284. The van der Waals surface area contributed by atoms with Gasteiger partial charge in [0, 0.05) is 10.2 Å². The van der Waals surface area contributed by atoms with Gasteiger partial charge in [-0.25, -0.2) is 0 Å². The normalized spacial score (nSPS) is 9.85. The Bertz CT molecular complexity index is 611. The lowest BCUT2D eigenvalue weighted by molar-refractivity contribution is -0.118. The lowest BCUT2D eigenvalue weighted by Crippen LogP contribution is -2.20. The minimum Gasteiger partial charge on any atom is -0.483 e. The molecule has 0 aliphatic carbocycles. The van der Waals surface area contributed by atoms with Crippen LogP contribution in [0.4, 0.5) is 5.69 Å². The fourth-order valence-corrected chi connectivity index (χ4v) is 1.85. The van der Waals surface area contributed by atoms with Crippen LogP contribution in [-0.4, -0.2) is 18.8 Å². The average Bonchev–Trinajstić information content (AvgIpc) is 2.48. The summed E-state index contributed by atoms with van der Waals surface area (Å²) in [6.07, 6.45) is 0.696. The van der Waals surface area contributed by atoms with E-state index in [1.54, 1.807) is 36.4 Å². The third-order valence-corrected chi connectivity index (χ3v) is 3.06. The molecule has 4 nitrogen and oxygen atoms in total. The van der Waals surface area contributed by atoms with Crippen molar-refractivity contribution < 1.29 is 14.3 Å². The van der Waals surface area contributed by atoms with Gasteiger partial charge in [0.2, 0.25) is 0 Å². The monoisotopic (exact) mass is 333 g/mol. The Labute approximate surface area is 124 Å². The number of anilines is 1. The van der Waals surface area contributed by atoms with E-state index in [0.717, 1.165) is 4.47 Å². The second-order valence-electron chi connectivity index (χ2n) is 4.00. The van der Waals surface area contributed by atoms with E-state index in [4.69, 9.17) is 4.74 Å². The molecule has 1 amide bonds. The molecule has 2 rings (SSSR count). The molecule has 0 atom stereocenters. The van der Waals surface area contributed by atoms with Gasteiger partial charge in [0.1, 0.15) is 5.75 Å². The molecule has 0 aliphatic heterocycles. The number of rotatable bonds is 5. The zero-order valence-electron chi connectivity index (χ0n) is 10.5. The van der Waals surface area contributed by atoms with Crippen LogP contribution in [0.1, 0.15) is 10.4 Å². The first-order valence-electron chi connectivity index (χ1n) is 5.91. The predicted molar refractivity (Wildman–Crippen MR) is 80.1 cm³/mol. The second-order valence-corrected chi connectivity index (χ2v) is 4.92. The smallest absolute Gasteiger partial charge is 0.262 e. The van der Waals surface area contributed by atoms with E-state index in [9.17, 15) is 9.59 Å². The third kappa shape index (κ3) is 3.93. The first kappa shape index (κ1) is 14.3. The molecule has 1 N–H and O–H groups in total. The number of amides is 1. The molecule has 0 aliphatic rings. The SMILES string of the molecule is O=Cc1ccccc1OCC(=O)Nc1ccc(Br)cc1. The van der Waals surface area contributed by atoms with E-state index in [1.807, 2.05) is 12.1 Å². The topological polar surface area (TPSA) is 55.4 Å². The molecular weight excluding hydrogens is 322 g/mol. The number of hydrogen-bond donors (Lipinski definition) is 1. The summed E-state index contributed by atoms with van der Waals surface area (Å²) in [6.45, 7) is -0.152. The minimum absolute atomic E-state index is 0.152. The highest BCUT2D eigenvalue weighted by atomic mass is 79.9. The molecule has 0 radical (unpaired) electrons. The van der Waals surface area contributed by atoms with E-state index in [0.29, 0.717) is 23.3 Å². The van der Waals surface area contributed by atoms with Gasteiger partial charge in [0.15, 0.2) is 12.9 Å². The van der Waals surface area contributed by atoms with Crippen molar-refractivity contribution in [2.75, 3.05) is 11.9 Å². The van der Waals surface area contributed by atoms with Crippen LogP contribution in [0, 0.1) is 0 Å². The number of carbonyl (C=O) groups excluding carboxylic acids is 2. The molecule has 0 bridgehead atoms. The van der Waals surface area contributed by atoms with Crippen LogP contribution in [-0.2, 0) is 4.79 Å². The Hall–Kier alpha value is -2.14. The molecule has 0 heterocycles. The molecule has 102 valence electrons. The van der Waals surface area contributed by atoms with Gasteiger partial charge in [-0.05, 0) is 36.4 Å². The van der Waals surface area contributed by atoms with Crippen molar-refractivity contribution >= 4 is 33.8 Å². The lowest BCUT2D eigenvalue weighted by atomic mass is 10.2. The molecule has 0 saturated heterocycles. The molecular formula is C15H12BrNO3. The van der Waals surface area contributed by atoms with E-state index in [2.05, 4.69) is 21.2 Å². The first-order valence-corrected chi connectivity index (χ1v) is 6.71. The number of ether oxygens (including phenoxy) is 1. The van der Waals surface area contributed by atoms with E-state index >= 15 is 0 Å². The molecule has 2 aromatic carbocycles.